The number of hydrogen-bond donors (Lipinski definition) is 1. The van der Waals surface area contributed by atoms with Gasteiger partial charge in [-0.25, -0.2) is 0 Å². The van der Waals surface area contributed by atoms with Crippen LogP contribution in [0.3, 0.4) is 0 Å². The van der Waals surface area contributed by atoms with Gasteiger partial charge in [-0.1, -0.05) is 25.0 Å². The van der Waals surface area contributed by atoms with E-state index in [1.54, 1.807) is 0 Å². The molecule has 2 fully saturated rings. The highest BCUT2D eigenvalue weighted by molar-refractivity contribution is 9.10. The first-order chi connectivity index (χ1) is 9.20. The van der Waals surface area contributed by atoms with Crippen LogP contribution >= 0.6 is 15.9 Å². The molecule has 1 heterocycles. The van der Waals surface area contributed by atoms with Gasteiger partial charge in [0.05, 0.1) is 5.69 Å². The first-order valence-electron chi connectivity index (χ1n) is 7.45. The van der Waals surface area contributed by atoms with Crippen molar-refractivity contribution < 1.29 is 0 Å². The molecule has 1 aliphatic heterocycles. The molecule has 0 atom stereocenters. The van der Waals surface area contributed by atoms with Gasteiger partial charge in [0.25, 0.3) is 0 Å². The van der Waals surface area contributed by atoms with Crippen molar-refractivity contribution in [3.63, 3.8) is 0 Å². The third-order valence-corrected chi connectivity index (χ3v) is 5.70. The van der Waals surface area contributed by atoms with E-state index in [0.717, 1.165) is 13.1 Å². The molecule has 1 aromatic carbocycles. The average molecular weight is 323 g/mol. The van der Waals surface area contributed by atoms with Crippen LogP contribution in [0, 0.1) is 6.92 Å². The summed E-state index contributed by atoms with van der Waals surface area (Å²) in [5.74, 6) is 0. The molecule has 1 aromatic rings. The summed E-state index contributed by atoms with van der Waals surface area (Å²) < 4.78 is 1.27. The van der Waals surface area contributed by atoms with Crippen LogP contribution in [0.5, 0.6) is 0 Å². The number of anilines is 1. The monoisotopic (exact) mass is 322 g/mol. The van der Waals surface area contributed by atoms with Gasteiger partial charge >= 0.3 is 0 Å². The minimum atomic E-state index is 0.375. The molecule has 1 N–H and O–H groups in total. The van der Waals surface area contributed by atoms with E-state index in [0.29, 0.717) is 5.54 Å². The van der Waals surface area contributed by atoms with Gasteiger partial charge in [0.2, 0.25) is 0 Å². The molecule has 2 aliphatic rings. The van der Waals surface area contributed by atoms with Gasteiger partial charge in [-0.2, -0.15) is 0 Å². The molecule has 0 bridgehead atoms. The molecular weight excluding hydrogens is 300 g/mol. The Morgan fingerprint density at radius 3 is 2.79 bits per heavy atom. The SMILES string of the molecule is Cc1cccc(N2CCCNC3(CCCC3)C2)c1Br. The standard InChI is InChI=1S/C16H23BrN2/c1-13-6-4-7-14(15(13)17)19-11-5-10-18-16(12-19)8-2-3-9-16/h4,6-7,18H,2-3,5,8-12H2,1H3. The van der Waals surface area contributed by atoms with Crippen LogP contribution in [0.4, 0.5) is 5.69 Å². The fourth-order valence-electron chi connectivity index (χ4n) is 3.59. The molecule has 3 heteroatoms. The topological polar surface area (TPSA) is 15.3 Å². The summed E-state index contributed by atoms with van der Waals surface area (Å²) >= 11 is 3.78. The second-order valence-electron chi connectivity index (χ2n) is 6.10. The normalized spacial score (nSPS) is 22.7. The van der Waals surface area contributed by atoms with E-state index in [4.69, 9.17) is 0 Å². The summed E-state index contributed by atoms with van der Waals surface area (Å²) in [5.41, 5.74) is 3.07. The third kappa shape index (κ3) is 2.68. The molecular formula is C16H23BrN2. The Morgan fingerprint density at radius 1 is 1.21 bits per heavy atom. The number of hydrogen-bond acceptors (Lipinski definition) is 2. The van der Waals surface area contributed by atoms with Crippen LogP contribution in [0.15, 0.2) is 22.7 Å². The Morgan fingerprint density at radius 2 is 2.00 bits per heavy atom. The summed E-state index contributed by atoms with van der Waals surface area (Å²) in [6, 6.07) is 6.61. The van der Waals surface area contributed by atoms with Crippen LogP contribution in [-0.2, 0) is 0 Å². The van der Waals surface area contributed by atoms with Crippen molar-refractivity contribution in [1.82, 2.24) is 5.32 Å². The first-order valence-corrected chi connectivity index (χ1v) is 8.25. The number of aryl methyl sites for hydroxylation is 1. The summed E-state index contributed by atoms with van der Waals surface area (Å²) in [7, 11) is 0. The van der Waals surface area contributed by atoms with E-state index < -0.39 is 0 Å². The Kier molecular flexibility index (Phi) is 3.86. The number of halogens is 1. The molecule has 1 spiro atoms. The fraction of sp³-hybridized carbons (Fsp3) is 0.625. The van der Waals surface area contributed by atoms with E-state index in [1.165, 1.54) is 54.4 Å². The van der Waals surface area contributed by atoms with Gasteiger partial charge in [-0.05, 0) is 60.3 Å². The Hall–Kier alpha value is -0.540. The van der Waals surface area contributed by atoms with Gasteiger partial charge in [-0.15, -0.1) is 0 Å². The number of nitrogens with one attached hydrogen (secondary N) is 1. The molecule has 1 saturated carbocycles. The zero-order valence-electron chi connectivity index (χ0n) is 11.7. The van der Waals surface area contributed by atoms with Crippen LogP contribution < -0.4 is 10.2 Å². The second-order valence-corrected chi connectivity index (χ2v) is 6.89. The maximum Gasteiger partial charge on any atom is 0.0514 e. The van der Waals surface area contributed by atoms with Crippen molar-refractivity contribution in [3.05, 3.63) is 28.2 Å². The highest BCUT2D eigenvalue weighted by Crippen LogP contribution is 2.36. The number of nitrogens with zero attached hydrogens (tertiary/aromatic N) is 1. The van der Waals surface area contributed by atoms with E-state index in [1.807, 2.05) is 0 Å². The molecule has 0 radical (unpaired) electrons. The minimum Gasteiger partial charge on any atom is -0.369 e. The van der Waals surface area contributed by atoms with Crippen LogP contribution in [0.2, 0.25) is 0 Å². The van der Waals surface area contributed by atoms with Crippen LogP contribution in [0.25, 0.3) is 0 Å². The number of rotatable bonds is 1. The highest BCUT2D eigenvalue weighted by atomic mass is 79.9. The Labute approximate surface area is 124 Å². The van der Waals surface area contributed by atoms with Crippen molar-refractivity contribution in [1.29, 1.82) is 0 Å². The predicted molar refractivity (Wildman–Crippen MR) is 84.9 cm³/mol. The van der Waals surface area contributed by atoms with E-state index >= 15 is 0 Å². The molecule has 0 aromatic heterocycles. The molecule has 3 rings (SSSR count). The largest absolute Gasteiger partial charge is 0.369 e. The van der Waals surface area contributed by atoms with E-state index in [2.05, 4.69) is 51.3 Å². The average Bonchev–Trinajstić information content (AvgIpc) is 2.74. The molecule has 2 nitrogen and oxygen atoms in total. The van der Waals surface area contributed by atoms with E-state index in [-0.39, 0.29) is 0 Å². The lowest BCUT2D eigenvalue weighted by molar-refractivity contribution is 0.354. The lowest BCUT2D eigenvalue weighted by Gasteiger charge is -2.35. The quantitative estimate of drug-likeness (QED) is 0.844. The van der Waals surface area contributed by atoms with Crippen molar-refractivity contribution in [2.45, 2.75) is 44.6 Å². The van der Waals surface area contributed by atoms with Crippen LogP contribution in [-0.4, -0.2) is 25.2 Å². The summed E-state index contributed by atoms with van der Waals surface area (Å²) in [5, 5.41) is 3.83. The molecule has 0 unspecified atom stereocenters. The van der Waals surface area contributed by atoms with E-state index in [9.17, 15) is 0 Å². The van der Waals surface area contributed by atoms with Crippen molar-refractivity contribution >= 4 is 21.6 Å². The zero-order chi connectivity index (χ0) is 13.3. The second kappa shape index (κ2) is 5.45. The maximum absolute atomic E-state index is 3.83. The molecule has 0 amide bonds. The summed E-state index contributed by atoms with van der Waals surface area (Å²) in [6.07, 6.45) is 6.69. The summed E-state index contributed by atoms with van der Waals surface area (Å²) in [4.78, 5) is 2.59. The van der Waals surface area contributed by atoms with Gasteiger partial charge in [0.15, 0.2) is 0 Å². The first kappa shape index (κ1) is 13.4. The highest BCUT2D eigenvalue weighted by Gasteiger charge is 2.36. The minimum absolute atomic E-state index is 0.375. The summed E-state index contributed by atoms with van der Waals surface area (Å²) in [6.45, 7) is 5.67. The molecule has 1 saturated heterocycles. The molecule has 1 aliphatic carbocycles. The predicted octanol–water partition coefficient (Wildman–Crippen LogP) is 3.87. The van der Waals surface area contributed by atoms with Crippen molar-refractivity contribution in [2.75, 3.05) is 24.5 Å². The van der Waals surface area contributed by atoms with Gasteiger partial charge in [0, 0.05) is 23.1 Å². The lowest BCUT2D eigenvalue weighted by atomic mass is 9.97. The smallest absolute Gasteiger partial charge is 0.0514 e. The maximum atomic E-state index is 3.83. The Balaban J connectivity index is 1.88. The fourth-order valence-corrected chi connectivity index (χ4v) is 4.11. The third-order valence-electron chi connectivity index (χ3n) is 4.67. The lowest BCUT2D eigenvalue weighted by Crippen LogP contribution is -2.49. The van der Waals surface area contributed by atoms with Crippen LogP contribution in [0.1, 0.15) is 37.7 Å². The van der Waals surface area contributed by atoms with Gasteiger partial charge < -0.3 is 10.2 Å². The van der Waals surface area contributed by atoms with Gasteiger partial charge in [-0.3, -0.25) is 0 Å². The molecule has 104 valence electrons. The van der Waals surface area contributed by atoms with Crippen molar-refractivity contribution in [2.24, 2.45) is 0 Å². The Bertz CT molecular complexity index is 452. The number of benzene rings is 1. The van der Waals surface area contributed by atoms with Gasteiger partial charge in [0.1, 0.15) is 0 Å². The molecule has 19 heavy (non-hydrogen) atoms. The van der Waals surface area contributed by atoms with Crippen molar-refractivity contribution in [3.8, 4) is 0 Å². The zero-order valence-corrected chi connectivity index (χ0v) is 13.3.